The van der Waals surface area contributed by atoms with E-state index in [1.54, 1.807) is 24.3 Å². The van der Waals surface area contributed by atoms with Gasteiger partial charge in [0.2, 0.25) is 0 Å². The van der Waals surface area contributed by atoms with Gasteiger partial charge in [0.1, 0.15) is 5.76 Å². The van der Waals surface area contributed by atoms with Crippen LogP contribution in [0.4, 0.5) is 0 Å². The molecule has 4 rings (SSSR count). The van der Waals surface area contributed by atoms with Crippen LogP contribution in [0.25, 0.3) is 5.76 Å². The maximum atomic E-state index is 13.0. The molecule has 2 aliphatic heterocycles. The fraction of sp³-hybridized carbons (Fsp3) is 0.333. The minimum absolute atomic E-state index is 0.00332. The number of Topliss-reactive ketones (excluding diaryl/α,β-unsaturated/α-hetero) is 1. The Morgan fingerprint density at radius 3 is 2.55 bits per heavy atom. The predicted molar refractivity (Wildman–Crippen MR) is 114 cm³/mol. The molecule has 0 aromatic heterocycles. The third-order valence-electron chi connectivity index (χ3n) is 5.81. The maximum Gasteiger partial charge on any atom is 0.295 e. The number of benzene rings is 2. The van der Waals surface area contributed by atoms with Crippen molar-refractivity contribution in [3.8, 4) is 11.5 Å². The largest absolute Gasteiger partial charge is 0.507 e. The maximum absolute atomic E-state index is 13.0. The molecule has 2 N–H and O–H groups in total. The van der Waals surface area contributed by atoms with E-state index in [-0.39, 0.29) is 35.5 Å². The molecule has 2 heterocycles. The van der Waals surface area contributed by atoms with Crippen molar-refractivity contribution >= 4 is 17.4 Å². The van der Waals surface area contributed by atoms with Crippen LogP contribution in [0.1, 0.15) is 35.6 Å². The number of phenols is 1. The average Bonchev–Trinajstić information content (AvgIpc) is 3.36. The van der Waals surface area contributed by atoms with Crippen molar-refractivity contribution in [2.45, 2.75) is 31.9 Å². The molecular formula is C24H25NO6. The number of carbonyl (C=O) groups is 2. The van der Waals surface area contributed by atoms with E-state index in [1.165, 1.54) is 18.1 Å². The number of aliphatic hydroxyl groups excluding tert-OH is 1. The van der Waals surface area contributed by atoms with Gasteiger partial charge >= 0.3 is 0 Å². The molecular weight excluding hydrogens is 398 g/mol. The van der Waals surface area contributed by atoms with Gasteiger partial charge in [-0.2, -0.15) is 0 Å². The van der Waals surface area contributed by atoms with E-state index >= 15 is 0 Å². The van der Waals surface area contributed by atoms with Crippen LogP contribution in [-0.2, 0) is 14.3 Å². The number of aryl methyl sites for hydroxylation is 1. The zero-order valence-electron chi connectivity index (χ0n) is 17.5. The van der Waals surface area contributed by atoms with Crippen molar-refractivity contribution in [1.82, 2.24) is 4.90 Å². The second-order valence-electron chi connectivity index (χ2n) is 7.88. The van der Waals surface area contributed by atoms with Gasteiger partial charge in [-0.1, -0.05) is 35.9 Å². The van der Waals surface area contributed by atoms with Crippen molar-refractivity contribution in [1.29, 1.82) is 0 Å². The minimum Gasteiger partial charge on any atom is -0.507 e. The molecule has 2 fully saturated rings. The van der Waals surface area contributed by atoms with Crippen LogP contribution >= 0.6 is 0 Å². The standard InChI is InChI=1S/C24H25NO6/c1-14-5-7-15(8-6-14)22(27)20-21(16-9-10-19(30-2)18(26)12-16)25(24(29)23(20)28)13-17-4-3-11-31-17/h5-10,12,17,21,26-27H,3-4,11,13H2,1-2H3/b22-20-. The van der Waals surface area contributed by atoms with Crippen LogP contribution in [-0.4, -0.2) is 53.2 Å². The smallest absolute Gasteiger partial charge is 0.295 e. The zero-order chi connectivity index (χ0) is 22.1. The van der Waals surface area contributed by atoms with Crippen LogP contribution in [0, 0.1) is 6.92 Å². The van der Waals surface area contributed by atoms with Gasteiger partial charge < -0.3 is 24.6 Å². The molecule has 0 aliphatic carbocycles. The molecule has 0 bridgehead atoms. The number of ketones is 1. The second kappa shape index (κ2) is 8.43. The lowest BCUT2D eigenvalue weighted by Gasteiger charge is -2.27. The highest BCUT2D eigenvalue weighted by molar-refractivity contribution is 6.46. The van der Waals surface area contributed by atoms with Crippen molar-refractivity contribution in [3.63, 3.8) is 0 Å². The molecule has 7 heteroatoms. The number of likely N-dealkylation sites (tertiary alicyclic amines) is 1. The summed E-state index contributed by atoms with van der Waals surface area (Å²) in [7, 11) is 1.44. The number of aromatic hydroxyl groups is 1. The van der Waals surface area contributed by atoms with Crippen molar-refractivity contribution in [3.05, 3.63) is 64.7 Å². The molecule has 0 spiro atoms. The Kier molecular flexibility index (Phi) is 5.69. The summed E-state index contributed by atoms with van der Waals surface area (Å²) in [6.07, 6.45) is 1.51. The summed E-state index contributed by atoms with van der Waals surface area (Å²) in [4.78, 5) is 27.4. The Labute approximate surface area is 180 Å². The summed E-state index contributed by atoms with van der Waals surface area (Å²) in [5.74, 6) is -1.52. The lowest BCUT2D eigenvalue weighted by Crippen LogP contribution is -2.36. The molecule has 31 heavy (non-hydrogen) atoms. The SMILES string of the molecule is COc1ccc(C2/C(=C(/O)c3ccc(C)cc3)C(=O)C(=O)N2CC2CCCO2)cc1O. The van der Waals surface area contributed by atoms with E-state index in [0.717, 1.165) is 18.4 Å². The predicted octanol–water partition coefficient (Wildman–Crippen LogP) is 3.31. The summed E-state index contributed by atoms with van der Waals surface area (Å²) in [6.45, 7) is 2.77. The highest BCUT2D eigenvalue weighted by Crippen LogP contribution is 2.42. The van der Waals surface area contributed by atoms with Gasteiger partial charge in [0, 0.05) is 18.7 Å². The van der Waals surface area contributed by atoms with Gasteiger partial charge in [0.25, 0.3) is 11.7 Å². The summed E-state index contributed by atoms with van der Waals surface area (Å²) in [5, 5.41) is 21.4. The van der Waals surface area contributed by atoms with Crippen LogP contribution < -0.4 is 4.74 Å². The van der Waals surface area contributed by atoms with Gasteiger partial charge in [0.05, 0.1) is 24.8 Å². The number of nitrogens with zero attached hydrogens (tertiary/aromatic N) is 1. The van der Waals surface area contributed by atoms with Crippen molar-refractivity contribution < 1.29 is 29.3 Å². The van der Waals surface area contributed by atoms with Crippen LogP contribution in [0.5, 0.6) is 11.5 Å². The number of carbonyl (C=O) groups excluding carboxylic acids is 2. The van der Waals surface area contributed by atoms with Gasteiger partial charge in [-0.15, -0.1) is 0 Å². The first-order valence-electron chi connectivity index (χ1n) is 10.2. The summed E-state index contributed by atoms with van der Waals surface area (Å²) in [5.41, 5.74) is 1.95. The Bertz CT molecular complexity index is 1040. The summed E-state index contributed by atoms with van der Waals surface area (Å²) >= 11 is 0. The highest BCUT2D eigenvalue weighted by Gasteiger charge is 2.47. The van der Waals surface area contributed by atoms with Crippen molar-refractivity contribution in [2.75, 3.05) is 20.3 Å². The van der Waals surface area contributed by atoms with E-state index in [0.29, 0.717) is 17.7 Å². The third-order valence-corrected chi connectivity index (χ3v) is 5.81. The molecule has 162 valence electrons. The lowest BCUT2D eigenvalue weighted by molar-refractivity contribution is -0.140. The topological polar surface area (TPSA) is 96.3 Å². The Morgan fingerprint density at radius 1 is 1.19 bits per heavy atom. The van der Waals surface area contributed by atoms with E-state index < -0.39 is 17.7 Å². The molecule has 2 aromatic carbocycles. The molecule has 1 amide bonds. The fourth-order valence-electron chi connectivity index (χ4n) is 4.17. The fourth-order valence-corrected chi connectivity index (χ4v) is 4.17. The normalized spacial score (nSPS) is 22.8. The Morgan fingerprint density at radius 2 is 1.94 bits per heavy atom. The van der Waals surface area contributed by atoms with Crippen LogP contribution in [0.15, 0.2) is 48.0 Å². The first-order chi connectivity index (χ1) is 14.9. The molecule has 2 saturated heterocycles. The Hall–Kier alpha value is -3.32. The molecule has 2 aromatic rings. The number of hydrogen-bond acceptors (Lipinski definition) is 6. The lowest BCUT2D eigenvalue weighted by atomic mass is 9.94. The van der Waals surface area contributed by atoms with E-state index in [9.17, 15) is 19.8 Å². The van der Waals surface area contributed by atoms with Gasteiger partial charge in [-0.3, -0.25) is 9.59 Å². The molecule has 0 radical (unpaired) electrons. The Balaban J connectivity index is 1.83. The number of ether oxygens (including phenoxy) is 2. The number of amides is 1. The first-order valence-corrected chi connectivity index (χ1v) is 10.2. The quantitative estimate of drug-likeness (QED) is 0.435. The first kappa shape index (κ1) is 20.9. The van der Waals surface area contributed by atoms with Crippen LogP contribution in [0.3, 0.4) is 0 Å². The van der Waals surface area contributed by atoms with E-state index in [4.69, 9.17) is 9.47 Å². The summed E-state index contributed by atoms with van der Waals surface area (Å²) in [6, 6.07) is 10.9. The summed E-state index contributed by atoms with van der Waals surface area (Å²) < 4.78 is 10.8. The van der Waals surface area contributed by atoms with E-state index in [1.807, 2.05) is 19.1 Å². The van der Waals surface area contributed by atoms with Gasteiger partial charge in [-0.25, -0.2) is 0 Å². The molecule has 0 saturated carbocycles. The zero-order valence-corrected chi connectivity index (χ0v) is 17.5. The van der Waals surface area contributed by atoms with E-state index in [2.05, 4.69) is 0 Å². The number of hydrogen-bond donors (Lipinski definition) is 2. The number of methoxy groups -OCH3 is 1. The number of aliphatic hydroxyl groups is 1. The third kappa shape index (κ3) is 3.88. The number of phenolic OH excluding ortho intramolecular Hbond substituents is 1. The van der Waals surface area contributed by atoms with Gasteiger partial charge in [-0.05, 0) is 37.5 Å². The van der Waals surface area contributed by atoms with Crippen LogP contribution in [0.2, 0.25) is 0 Å². The average molecular weight is 423 g/mol. The number of rotatable bonds is 5. The van der Waals surface area contributed by atoms with Gasteiger partial charge in [0.15, 0.2) is 11.5 Å². The molecule has 2 unspecified atom stereocenters. The molecule has 2 aliphatic rings. The second-order valence-corrected chi connectivity index (χ2v) is 7.88. The highest BCUT2D eigenvalue weighted by atomic mass is 16.5. The molecule has 2 atom stereocenters. The van der Waals surface area contributed by atoms with Crippen molar-refractivity contribution in [2.24, 2.45) is 0 Å². The minimum atomic E-state index is -0.845. The monoisotopic (exact) mass is 423 g/mol. The molecule has 7 nitrogen and oxygen atoms in total.